The smallest absolute Gasteiger partial charge is 0.295 e. The van der Waals surface area contributed by atoms with E-state index in [0.717, 1.165) is 12.8 Å². The summed E-state index contributed by atoms with van der Waals surface area (Å²) in [6, 6.07) is 12.2. The van der Waals surface area contributed by atoms with E-state index in [0.29, 0.717) is 23.5 Å². The number of aliphatic hydroxyl groups excluding tert-OH is 1. The lowest BCUT2D eigenvalue weighted by molar-refractivity contribution is -0.140. The molecule has 0 aliphatic carbocycles. The number of phenolic OH excluding ortho intramolecular Hbond substituents is 1. The SMILES string of the molecule is CCCCOc1ccc(/C(O)=C2\C(=O)C(=O)N(CCOC)[C@@H]2c2ccc(O)cc2)cc1. The molecule has 1 heterocycles. The Hall–Kier alpha value is -3.32. The van der Waals surface area contributed by atoms with Crippen molar-refractivity contribution in [1.29, 1.82) is 0 Å². The molecule has 1 atom stereocenters. The van der Waals surface area contributed by atoms with Gasteiger partial charge in [-0.3, -0.25) is 9.59 Å². The summed E-state index contributed by atoms with van der Waals surface area (Å²) in [6.07, 6.45) is 1.97. The van der Waals surface area contributed by atoms with Crippen LogP contribution in [0, 0.1) is 0 Å². The summed E-state index contributed by atoms with van der Waals surface area (Å²) in [6.45, 7) is 3.11. The zero-order chi connectivity index (χ0) is 22.4. The molecule has 0 saturated carbocycles. The van der Waals surface area contributed by atoms with Crippen molar-refractivity contribution in [3.63, 3.8) is 0 Å². The molecule has 1 saturated heterocycles. The van der Waals surface area contributed by atoms with Crippen LogP contribution in [0.15, 0.2) is 54.1 Å². The van der Waals surface area contributed by atoms with Crippen LogP contribution in [-0.2, 0) is 14.3 Å². The number of benzene rings is 2. The second-order valence-electron chi connectivity index (χ2n) is 7.30. The number of nitrogens with zero attached hydrogens (tertiary/aromatic N) is 1. The van der Waals surface area contributed by atoms with Crippen molar-refractivity contribution >= 4 is 17.4 Å². The molecule has 3 rings (SSSR count). The summed E-state index contributed by atoms with van der Waals surface area (Å²) < 4.78 is 10.7. The Bertz CT molecular complexity index is 949. The minimum atomic E-state index is -0.781. The minimum absolute atomic E-state index is 0.00597. The molecule has 0 bridgehead atoms. The van der Waals surface area contributed by atoms with Gasteiger partial charge in [0.2, 0.25) is 0 Å². The average Bonchev–Trinajstić information content (AvgIpc) is 3.03. The number of hydrogen-bond acceptors (Lipinski definition) is 6. The molecule has 0 spiro atoms. The van der Waals surface area contributed by atoms with Crippen molar-refractivity contribution in [2.75, 3.05) is 26.9 Å². The summed E-state index contributed by atoms with van der Waals surface area (Å²) in [4.78, 5) is 27.0. The molecule has 1 amide bonds. The first-order valence-electron chi connectivity index (χ1n) is 10.3. The molecular weight excluding hydrogens is 398 g/mol. The minimum Gasteiger partial charge on any atom is -0.508 e. The third-order valence-corrected chi connectivity index (χ3v) is 5.18. The zero-order valence-electron chi connectivity index (χ0n) is 17.7. The van der Waals surface area contributed by atoms with Gasteiger partial charge in [-0.15, -0.1) is 0 Å². The first-order valence-corrected chi connectivity index (χ1v) is 10.3. The van der Waals surface area contributed by atoms with Crippen LogP contribution in [0.4, 0.5) is 0 Å². The monoisotopic (exact) mass is 425 g/mol. The number of Topliss-reactive ketones (excluding diaryl/α,β-unsaturated/α-hetero) is 1. The van der Waals surface area contributed by atoms with E-state index in [1.807, 2.05) is 0 Å². The molecule has 2 aromatic carbocycles. The molecule has 0 aromatic heterocycles. The average molecular weight is 425 g/mol. The van der Waals surface area contributed by atoms with Gasteiger partial charge in [0.1, 0.15) is 17.3 Å². The van der Waals surface area contributed by atoms with Crippen LogP contribution < -0.4 is 4.74 Å². The van der Waals surface area contributed by atoms with Crippen molar-refractivity contribution in [3.05, 3.63) is 65.2 Å². The number of unbranched alkanes of at least 4 members (excludes halogenated alkanes) is 1. The quantitative estimate of drug-likeness (QED) is 0.276. The standard InChI is InChI=1S/C24H27NO6/c1-3-4-14-31-19-11-7-17(8-12-19)22(27)20-21(16-5-9-18(26)10-6-16)25(13-15-30-2)24(29)23(20)28/h5-12,21,26-27H,3-4,13-15H2,1-2H3/b22-20+/t21-/m1/s1. The first-order chi connectivity index (χ1) is 15.0. The zero-order valence-corrected chi connectivity index (χ0v) is 17.7. The van der Waals surface area contributed by atoms with Crippen molar-refractivity contribution in [3.8, 4) is 11.5 Å². The van der Waals surface area contributed by atoms with Gasteiger partial charge in [-0.1, -0.05) is 25.5 Å². The largest absolute Gasteiger partial charge is 0.508 e. The number of ether oxygens (including phenoxy) is 2. The van der Waals surface area contributed by atoms with Gasteiger partial charge in [0.15, 0.2) is 0 Å². The Kier molecular flexibility index (Phi) is 7.31. The Morgan fingerprint density at radius 2 is 1.71 bits per heavy atom. The Labute approximate surface area is 181 Å². The van der Waals surface area contributed by atoms with Crippen LogP contribution in [0.25, 0.3) is 5.76 Å². The highest BCUT2D eigenvalue weighted by molar-refractivity contribution is 6.46. The lowest BCUT2D eigenvalue weighted by Gasteiger charge is -2.25. The molecule has 7 heteroatoms. The van der Waals surface area contributed by atoms with E-state index in [-0.39, 0.29) is 30.2 Å². The van der Waals surface area contributed by atoms with Crippen LogP contribution in [0.2, 0.25) is 0 Å². The van der Waals surface area contributed by atoms with Crippen molar-refractivity contribution in [2.24, 2.45) is 0 Å². The van der Waals surface area contributed by atoms with E-state index in [9.17, 15) is 19.8 Å². The molecule has 1 aliphatic rings. The number of aromatic hydroxyl groups is 1. The second kappa shape index (κ2) is 10.1. The molecule has 7 nitrogen and oxygen atoms in total. The Morgan fingerprint density at radius 1 is 1.03 bits per heavy atom. The van der Waals surface area contributed by atoms with Gasteiger partial charge in [0.05, 0.1) is 24.8 Å². The van der Waals surface area contributed by atoms with Crippen molar-refractivity contribution in [2.45, 2.75) is 25.8 Å². The van der Waals surface area contributed by atoms with Crippen molar-refractivity contribution in [1.82, 2.24) is 4.90 Å². The number of carbonyl (C=O) groups excluding carboxylic acids is 2. The molecule has 1 aliphatic heterocycles. The van der Waals surface area contributed by atoms with Gasteiger partial charge in [0, 0.05) is 19.2 Å². The van der Waals surface area contributed by atoms with Crippen LogP contribution in [0.3, 0.4) is 0 Å². The molecule has 2 N–H and O–H groups in total. The maximum atomic E-state index is 12.9. The fourth-order valence-electron chi connectivity index (χ4n) is 3.50. The number of phenols is 1. The predicted octanol–water partition coefficient (Wildman–Crippen LogP) is 3.64. The third kappa shape index (κ3) is 4.88. The van der Waals surface area contributed by atoms with Crippen LogP contribution in [0.5, 0.6) is 11.5 Å². The third-order valence-electron chi connectivity index (χ3n) is 5.18. The maximum absolute atomic E-state index is 12.9. The van der Waals surface area contributed by atoms with Gasteiger partial charge in [0.25, 0.3) is 11.7 Å². The lowest BCUT2D eigenvalue weighted by atomic mass is 9.95. The van der Waals surface area contributed by atoms with Gasteiger partial charge in [-0.25, -0.2) is 0 Å². The van der Waals surface area contributed by atoms with Gasteiger partial charge >= 0.3 is 0 Å². The van der Waals surface area contributed by atoms with E-state index >= 15 is 0 Å². The molecule has 1 fully saturated rings. The number of aliphatic hydroxyl groups is 1. The van der Waals surface area contributed by atoms with Gasteiger partial charge in [-0.05, 0) is 48.4 Å². The van der Waals surface area contributed by atoms with Crippen LogP contribution >= 0.6 is 0 Å². The molecule has 0 radical (unpaired) electrons. The lowest BCUT2D eigenvalue weighted by Crippen LogP contribution is -2.32. The van der Waals surface area contributed by atoms with E-state index < -0.39 is 17.7 Å². The number of carbonyl (C=O) groups is 2. The Morgan fingerprint density at radius 3 is 2.32 bits per heavy atom. The molecule has 31 heavy (non-hydrogen) atoms. The number of hydrogen-bond donors (Lipinski definition) is 2. The second-order valence-corrected chi connectivity index (χ2v) is 7.30. The normalized spacial score (nSPS) is 17.9. The number of ketones is 1. The topological polar surface area (TPSA) is 96.3 Å². The summed E-state index contributed by atoms with van der Waals surface area (Å²) in [5.74, 6) is -0.973. The summed E-state index contributed by atoms with van der Waals surface area (Å²) >= 11 is 0. The van der Waals surface area contributed by atoms with Gasteiger partial charge < -0.3 is 24.6 Å². The number of methoxy groups -OCH3 is 1. The number of rotatable bonds is 9. The summed E-state index contributed by atoms with van der Waals surface area (Å²) in [5, 5.41) is 20.6. The number of likely N-dealkylation sites (tertiary alicyclic amines) is 1. The van der Waals surface area contributed by atoms with Gasteiger partial charge in [-0.2, -0.15) is 0 Å². The summed E-state index contributed by atoms with van der Waals surface area (Å²) in [7, 11) is 1.51. The van der Waals surface area contributed by atoms with E-state index in [4.69, 9.17) is 9.47 Å². The highest BCUT2D eigenvalue weighted by atomic mass is 16.5. The maximum Gasteiger partial charge on any atom is 0.295 e. The molecule has 164 valence electrons. The van der Waals surface area contributed by atoms with E-state index in [1.165, 1.54) is 24.1 Å². The molecule has 2 aromatic rings. The highest BCUT2D eigenvalue weighted by Crippen LogP contribution is 2.39. The summed E-state index contributed by atoms with van der Waals surface area (Å²) in [5.41, 5.74) is 1.02. The number of amides is 1. The van der Waals surface area contributed by atoms with Crippen LogP contribution in [-0.4, -0.2) is 53.7 Å². The highest BCUT2D eigenvalue weighted by Gasteiger charge is 2.45. The fraction of sp³-hybridized carbons (Fsp3) is 0.333. The van der Waals surface area contributed by atoms with E-state index in [1.54, 1.807) is 36.4 Å². The Balaban J connectivity index is 2.00. The van der Waals surface area contributed by atoms with E-state index in [2.05, 4.69) is 6.92 Å². The van der Waals surface area contributed by atoms with Crippen LogP contribution in [0.1, 0.15) is 36.9 Å². The fourth-order valence-corrected chi connectivity index (χ4v) is 3.50. The molecule has 0 unspecified atom stereocenters. The first kappa shape index (κ1) is 22.4. The predicted molar refractivity (Wildman–Crippen MR) is 116 cm³/mol. The molecular formula is C24H27NO6. The van der Waals surface area contributed by atoms with Crippen molar-refractivity contribution < 1.29 is 29.3 Å².